The Balaban J connectivity index is 0.00000444. The number of benzene rings is 8. The Hall–Kier alpha value is -7.94. The van der Waals surface area contributed by atoms with E-state index < -0.39 is 0 Å². The van der Waals surface area contributed by atoms with Crippen LogP contribution in [0.5, 0.6) is 0 Å². The minimum absolute atomic E-state index is 0. The van der Waals surface area contributed by atoms with Crippen LogP contribution < -0.4 is 0 Å². The van der Waals surface area contributed by atoms with Crippen LogP contribution in [0.15, 0.2) is 238 Å². The molecule has 0 aromatic heterocycles. The van der Waals surface area contributed by atoms with Gasteiger partial charge in [0.15, 0.2) is 0 Å². The Bertz CT molecular complexity index is 3550. The molecule has 5 aliphatic heterocycles. The van der Waals surface area contributed by atoms with Gasteiger partial charge in [-0.2, -0.15) is 0 Å². The first-order chi connectivity index (χ1) is 31.7. The summed E-state index contributed by atoms with van der Waals surface area (Å²) < 4.78 is 0. The number of nitrogens with zero attached hydrogens (tertiary/aromatic N) is 4. The van der Waals surface area contributed by atoms with Gasteiger partial charge in [0.05, 0.1) is 45.6 Å². The summed E-state index contributed by atoms with van der Waals surface area (Å²) in [5.74, 6) is 0. The van der Waals surface area contributed by atoms with E-state index in [9.17, 15) is 0 Å². The van der Waals surface area contributed by atoms with Crippen molar-refractivity contribution in [2.75, 3.05) is 0 Å². The van der Waals surface area contributed by atoms with Crippen LogP contribution >= 0.6 is 0 Å². The standard InChI is InChI=1S/C60H36N4.Pd/c1-5-19-37(20-6-1)55-56(38-21-7-2-8-22-38)58(40-25-11-4-12-26-40)60-54-36-52-46-32-18-16-30-44(46)50(63-52)34-48-42-28-14-13-27-41(42)47(61-48)33-49-43-29-15-17-31-45(43)51(62-49)35-53(64-54)59(60)57(55)39-23-9-3-10-24-39;/h1-36H;/b47-33-,48-34?,49-33?,50-34-,51-35-,52-36?,53-35?,54-36-;. The number of hydrogen-bond donors (Lipinski definition) is 0. The minimum atomic E-state index is 0. The van der Waals surface area contributed by atoms with Gasteiger partial charge in [-0.3, -0.25) is 0 Å². The van der Waals surface area contributed by atoms with E-state index in [1.54, 1.807) is 0 Å². The molecule has 0 N–H and O–H groups in total. The van der Waals surface area contributed by atoms with Gasteiger partial charge in [0.2, 0.25) is 0 Å². The predicted octanol–water partition coefficient (Wildman–Crippen LogP) is 14.0. The molecule has 5 aliphatic rings. The molecule has 0 fully saturated rings. The summed E-state index contributed by atoms with van der Waals surface area (Å²) in [6.07, 6.45) is 8.71. The fraction of sp³-hybridized carbons (Fsp3) is 0. The summed E-state index contributed by atoms with van der Waals surface area (Å²) >= 11 is 0. The smallest absolute Gasteiger partial charge is 0.0744 e. The van der Waals surface area contributed by atoms with Crippen molar-refractivity contribution in [3.05, 3.63) is 263 Å². The zero-order valence-corrected chi connectivity index (χ0v) is 36.4. The molecule has 0 saturated heterocycles. The summed E-state index contributed by atoms with van der Waals surface area (Å²) in [5.41, 5.74) is 24.4. The van der Waals surface area contributed by atoms with Gasteiger partial charge in [-0.15, -0.1) is 0 Å². The third kappa shape index (κ3) is 6.32. The average molecular weight is 919 g/mol. The number of aliphatic imine (C=N–C) groups is 4. The molecule has 4 nitrogen and oxygen atoms in total. The molecular formula is C60H36N4Pd. The molecule has 0 atom stereocenters. The molecule has 0 saturated carbocycles. The first-order valence-corrected chi connectivity index (χ1v) is 21.7. The van der Waals surface area contributed by atoms with Crippen molar-refractivity contribution in [1.29, 1.82) is 0 Å². The van der Waals surface area contributed by atoms with E-state index >= 15 is 0 Å². The van der Waals surface area contributed by atoms with E-state index in [2.05, 4.69) is 218 Å². The van der Waals surface area contributed by atoms with Crippen molar-refractivity contribution < 1.29 is 20.4 Å². The first kappa shape index (κ1) is 38.7. The fourth-order valence-corrected chi connectivity index (χ4v) is 10.0. The maximum absolute atomic E-state index is 5.77. The molecule has 306 valence electrons. The van der Waals surface area contributed by atoms with Gasteiger partial charge in [0.25, 0.3) is 0 Å². The SMILES string of the molecule is C1=C2/N=C(\C=C3/N=C(\C=C4/N=C(\C=C5N=C\1c1c/5c(-c5ccccc5)c(-c5ccccc5)c(-c5ccccc5)c1-c1ccccc1)c1ccccc14)c1ccccc13)c1ccccc12.[Pd]. The second-order valence-electron chi connectivity index (χ2n) is 16.5. The molecule has 0 spiro atoms. The third-order valence-corrected chi connectivity index (χ3v) is 12.8. The largest absolute Gasteiger partial charge is 0.248 e. The molecule has 13 rings (SSSR count). The van der Waals surface area contributed by atoms with Gasteiger partial charge in [-0.25, -0.2) is 20.0 Å². The third-order valence-electron chi connectivity index (χ3n) is 12.8. The topological polar surface area (TPSA) is 49.4 Å². The van der Waals surface area contributed by atoms with Gasteiger partial charge in [0.1, 0.15) is 0 Å². The molecule has 0 aliphatic carbocycles. The van der Waals surface area contributed by atoms with Crippen LogP contribution in [0.3, 0.4) is 0 Å². The Morgan fingerprint density at radius 2 is 0.446 bits per heavy atom. The van der Waals surface area contributed by atoms with Crippen LogP contribution in [0.1, 0.15) is 44.5 Å². The van der Waals surface area contributed by atoms with E-state index in [4.69, 9.17) is 20.0 Å². The first-order valence-electron chi connectivity index (χ1n) is 21.7. The van der Waals surface area contributed by atoms with Gasteiger partial charge < -0.3 is 0 Å². The maximum atomic E-state index is 5.77. The molecule has 8 bridgehead atoms. The van der Waals surface area contributed by atoms with Crippen LogP contribution in [0.2, 0.25) is 0 Å². The molecular weight excluding hydrogens is 883 g/mol. The normalized spacial score (nSPS) is 18.0. The molecule has 8 aromatic rings. The number of rotatable bonds is 4. The zero-order chi connectivity index (χ0) is 42.1. The second kappa shape index (κ2) is 15.7. The Kier molecular flexibility index (Phi) is 9.35. The molecule has 0 radical (unpaired) electrons. The van der Waals surface area contributed by atoms with E-state index in [-0.39, 0.29) is 20.4 Å². The molecule has 5 heteroatoms. The van der Waals surface area contributed by atoms with Crippen LogP contribution in [0.25, 0.3) is 67.3 Å². The molecule has 0 unspecified atom stereocenters. The molecule has 65 heavy (non-hydrogen) atoms. The van der Waals surface area contributed by atoms with E-state index in [1.165, 1.54) is 0 Å². The Morgan fingerprint density at radius 1 is 0.200 bits per heavy atom. The Morgan fingerprint density at radius 3 is 0.800 bits per heavy atom. The van der Waals surface area contributed by atoms with Gasteiger partial charge in [-0.1, -0.05) is 194 Å². The van der Waals surface area contributed by atoms with Gasteiger partial charge in [-0.05, 0) is 57.7 Å². The van der Waals surface area contributed by atoms with Crippen molar-refractivity contribution in [3.63, 3.8) is 0 Å². The van der Waals surface area contributed by atoms with Crippen molar-refractivity contribution in [3.8, 4) is 44.5 Å². The van der Waals surface area contributed by atoms with Crippen LogP contribution in [-0.4, -0.2) is 22.8 Å². The van der Waals surface area contributed by atoms with E-state index in [1.807, 2.05) is 0 Å². The quantitative estimate of drug-likeness (QED) is 0.158. The molecule has 8 aromatic carbocycles. The number of allylic oxidation sites excluding steroid dienone is 4. The summed E-state index contributed by atoms with van der Waals surface area (Å²) in [6.45, 7) is 0. The second-order valence-corrected chi connectivity index (χ2v) is 16.5. The van der Waals surface area contributed by atoms with Gasteiger partial charge in [0, 0.05) is 76.1 Å². The predicted molar refractivity (Wildman–Crippen MR) is 266 cm³/mol. The monoisotopic (exact) mass is 918 g/mol. The zero-order valence-electron chi connectivity index (χ0n) is 34.9. The van der Waals surface area contributed by atoms with E-state index in [0.717, 1.165) is 135 Å². The summed E-state index contributed by atoms with van der Waals surface area (Å²) in [5, 5.41) is 0. The number of hydrogen-bond acceptors (Lipinski definition) is 4. The average Bonchev–Trinajstić information content (AvgIpc) is 4.10. The van der Waals surface area contributed by atoms with Crippen molar-refractivity contribution in [1.82, 2.24) is 0 Å². The fourth-order valence-electron chi connectivity index (χ4n) is 10.0. The molecule has 0 amide bonds. The number of fused-ring (bicyclic) bond motifs is 16. The van der Waals surface area contributed by atoms with E-state index in [0.29, 0.717) is 0 Å². The molecule has 5 heterocycles. The minimum Gasteiger partial charge on any atom is -0.248 e. The summed E-state index contributed by atoms with van der Waals surface area (Å²) in [4.78, 5) is 22.0. The van der Waals surface area contributed by atoms with Crippen LogP contribution in [-0.2, 0) is 20.4 Å². The summed E-state index contributed by atoms with van der Waals surface area (Å²) in [6, 6.07) is 68.9. The summed E-state index contributed by atoms with van der Waals surface area (Å²) in [7, 11) is 0. The van der Waals surface area contributed by atoms with Crippen molar-refractivity contribution >= 4 is 45.6 Å². The maximum Gasteiger partial charge on any atom is 0.0744 e. The van der Waals surface area contributed by atoms with Gasteiger partial charge >= 0.3 is 0 Å². The van der Waals surface area contributed by atoms with Crippen LogP contribution in [0, 0.1) is 0 Å². The Labute approximate surface area is 391 Å². The van der Waals surface area contributed by atoms with Crippen molar-refractivity contribution in [2.45, 2.75) is 0 Å². The van der Waals surface area contributed by atoms with Crippen molar-refractivity contribution in [2.24, 2.45) is 20.0 Å². The van der Waals surface area contributed by atoms with Crippen LogP contribution in [0.4, 0.5) is 0 Å².